The Morgan fingerprint density at radius 1 is 1.14 bits per heavy atom. The molecule has 1 aliphatic heterocycles. The minimum atomic E-state index is -1.09. The van der Waals surface area contributed by atoms with E-state index in [4.69, 9.17) is 9.47 Å². The number of carbonyl (C=O) groups excluding carboxylic acids is 3. The zero-order valence-corrected chi connectivity index (χ0v) is 16.8. The van der Waals surface area contributed by atoms with Crippen LogP contribution in [0.2, 0.25) is 0 Å². The number of esters is 1. The highest BCUT2D eigenvalue weighted by Gasteiger charge is 2.27. The van der Waals surface area contributed by atoms with Crippen molar-refractivity contribution in [3.05, 3.63) is 60.2 Å². The molecule has 7 nitrogen and oxygen atoms in total. The lowest BCUT2D eigenvalue weighted by Crippen LogP contribution is -2.29. The molecule has 1 aliphatic rings. The Morgan fingerprint density at radius 3 is 2.48 bits per heavy atom. The molecule has 2 aromatic carbocycles. The SMILES string of the molecule is COc1ccc(NC(=O)C(OC(=O)CCN2CCSC2=O)c2ccccc2)cc1. The van der Waals surface area contributed by atoms with Crippen molar-refractivity contribution in [3.8, 4) is 5.75 Å². The van der Waals surface area contributed by atoms with Gasteiger partial charge in [-0.1, -0.05) is 42.1 Å². The second kappa shape index (κ2) is 9.97. The first-order valence-corrected chi connectivity index (χ1v) is 10.2. The van der Waals surface area contributed by atoms with Gasteiger partial charge in [0.25, 0.3) is 11.1 Å². The predicted molar refractivity (Wildman–Crippen MR) is 111 cm³/mol. The normalized spacial score (nSPS) is 14.4. The molecule has 1 heterocycles. The number of ether oxygens (including phenoxy) is 2. The number of hydrogen-bond acceptors (Lipinski definition) is 6. The number of thioether (sulfide) groups is 1. The van der Waals surface area contributed by atoms with Gasteiger partial charge in [-0.15, -0.1) is 0 Å². The molecule has 1 fully saturated rings. The van der Waals surface area contributed by atoms with E-state index in [2.05, 4.69) is 5.32 Å². The molecule has 0 bridgehead atoms. The third-order valence-corrected chi connectivity index (χ3v) is 5.27. The van der Waals surface area contributed by atoms with E-state index < -0.39 is 18.0 Å². The summed E-state index contributed by atoms with van der Waals surface area (Å²) in [5.74, 6) is 0.407. The second-order valence-corrected chi connectivity index (χ2v) is 7.40. The van der Waals surface area contributed by atoms with Crippen LogP contribution in [0, 0.1) is 0 Å². The molecule has 0 aromatic heterocycles. The summed E-state index contributed by atoms with van der Waals surface area (Å²) in [4.78, 5) is 38.5. The molecular weight excluding hydrogens is 392 g/mol. The lowest BCUT2D eigenvalue weighted by molar-refractivity contribution is -0.154. The number of nitrogens with zero attached hydrogens (tertiary/aromatic N) is 1. The maximum Gasteiger partial charge on any atom is 0.308 e. The monoisotopic (exact) mass is 414 g/mol. The molecular formula is C21H22N2O5S. The third-order valence-electron chi connectivity index (χ3n) is 4.38. The lowest BCUT2D eigenvalue weighted by atomic mass is 10.1. The van der Waals surface area contributed by atoms with E-state index in [1.54, 1.807) is 60.5 Å². The summed E-state index contributed by atoms with van der Waals surface area (Å²) >= 11 is 1.24. The van der Waals surface area contributed by atoms with E-state index in [-0.39, 0.29) is 18.2 Å². The van der Waals surface area contributed by atoms with Crippen molar-refractivity contribution in [2.45, 2.75) is 12.5 Å². The maximum atomic E-state index is 12.8. The Kier molecular flexibility index (Phi) is 7.13. The first kappa shape index (κ1) is 20.7. The Hall–Kier alpha value is -3.00. The van der Waals surface area contributed by atoms with E-state index in [0.29, 0.717) is 23.5 Å². The van der Waals surface area contributed by atoms with Crippen LogP contribution in [-0.4, -0.2) is 48.0 Å². The number of hydrogen-bond donors (Lipinski definition) is 1. The zero-order valence-electron chi connectivity index (χ0n) is 16.0. The highest BCUT2D eigenvalue weighted by Crippen LogP contribution is 2.23. The van der Waals surface area contributed by atoms with Crippen LogP contribution in [0.3, 0.4) is 0 Å². The molecule has 8 heteroatoms. The van der Waals surface area contributed by atoms with Gasteiger partial charge in [-0.3, -0.25) is 14.4 Å². The van der Waals surface area contributed by atoms with Crippen molar-refractivity contribution in [3.63, 3.8) is 0 Å². The molecule has 0 aliphatic carbocycles. The van der Waals surface area contributed by atoms with Crippen LogP contribution in [-0.2, 0) is 14.3 Å². The number of rotatable bonds is 8. The van der Waals surface area contributed by atoms with Gasteiger partial charge >= 0.3 is 5.97 Å². The molecule has 1 unspecified atom stereocenters. The number of nitrogens with one attached hydrogen (secondary N) is 1. The Bertz CT molecular complexity index is 857. The van der Waals surface area contributed by atoms with Gasteiger partial charge in [0.15, 0.2) is 0 Å². The summed E-state index contributed by atoms with van der Waals surface area (Å²) in [5, 5.41) is 2.73. The smallest absolute Gasteiger partial charge is 0.308 e. The molecule has 1 N–H and O–H groups in total. The minimum Gasteiger partial charge on any atom is -0.497 e. The van der Waals surface area contributed by atoms with Gasteiger partial charge in [0, 0.05) is 30.1 Å². The first-order chi connectivity index (χ1) is 14.1. The zero-order chi connectivity index (χ0) is 20.6. The Labute approximate surface area is 173 Å². The summed E-state index contributed by atoms with van der Waals surface area (Å²) < 4.78 is 10.6. The van der Waals surface area contributed by atoms with Gasteiger partial charge in [-0.2, -0.15) is 0 Å². The largest absolute Gasteiger partial charge is 0.497 e. The summed E-state index contributed by atoms with van der Waals surface area (Å²) in [6.45, 7) is 0.906. The van der Waals surface area contributed by atoms with Crippen molar-refractivity contribution >= 4 is 34.6 Å². The van der Waals surface area contributed by atoms with Crippen molar-refractivity contribution < 1.29 is 23.9 Å². The standard InChI is InChI=1S/C21H22N2O5S/c1-27-17-9-7-16(8-10-17)22-20(25)19(15-5-3-2-4-6-15)28-18(24)11-12-23-13-14-29-21(23)26/h2-10,19H,11-14H2,1H3,(H,22,25). The van der Waals surface area contributed by atoms with Gasteiger partial charge in [-0.25, -0.2) is 0 Å². The Balaban J connectivity index is 1.66. The van der Waals surface area contributed by atoms with Crippen molar-refractivity contribution in [1.82, 2.24) is 4.90 Å². The molecule has 152 valence electrons. The van der Waals surface area contributed by atoms with Crippen molar-refractivity contribution in [2.24, 2.45) is 0 Å². The quantitative estimate of drug-likeness (QED) is 0.666. The fourth-order valence-corrected chi connectivity index (χ4v) is 3.68. The summed E-state index contributed by atoms with van der Waals surface area (Å²) in [5.41, 5.74) is 1.13. The molecule has 2 aromatic rings. The second-order valence-electron chi connectivity index (χ2n) is 6.35. The van der Waals surface area contributed by atoms with Gasteiger partial charge in [0.1, 0.15) is 5.75 Å². The molecule has 0 radical (unpaired) electrons. The predicted octanol–water partition coefficient (Wildman–Crippen LogP) is 3.48. The topological polar surface area (TPSA) is 84.9 Å². The molecule has 0 spiro atoms. The van der Waals surface area contributed by atoms with E-state index in [1.165, 1.54) is 11.8 Å². The highest BCUT2D eigenvalue weighted by molar-refractivity contribution is 8.13. The number of anilines is 1. The summed E-state index contributed by atoms with van der Waals surface area (Å²) in [6.07, 6.45) is -1.06. The maximum absolute atomic E-state index is 12.8. The van der Waals surface area contributed by atoms with Crippen LogP contribution < -0.4 is 10.1 Å². The number of methoxy groups -OCH3 is 1. The lowest BCUT2D eigenvalue weighted by Gasteiger charge is -2.19. The van der Waals surface area contributed by atoms with Crippen molar-refractivity contribution in [2.75, 3.05) is 31.3 Å². The van der Waals surface area contributed by atoms with E-state index >= 15 is 0 Å². The molecule has 0 saturated carbocycles. The fourth-order valence-electron chi connectivity index (χ4n) is 2.83. The average Bonchev–Trinajstić information content (AvgIpc) is 3.16. The van der Waals surface area contributed by atoms with Crippen LogP contribution in [0.25, 0.3) is 0 Å². The number of amides is 2. The summed E-state index contributed by atoms with van der Waals surface area (Å²) in [6, 6.07) is 15.7. The van der Waals surface area contributed by atoms with Crippen LogP contribution in [0.5, 0.6) is 5.75 Å². The van der Waals surface area contributed by atoms with Gasteiger partial charge in [0.2, 0.25) is 6.10 Å². The third kappa shape index (κ3) is 5.74. The number of carbonyl (C=O) groups is 3. The highest BCUT2D eigenvalue weighted by atomic mass is 32.2. The molecule has 2 amide bonds. The van der Waals surface area contributed by atoms with Crippen LogP contribution in [0.15, 0.2) is 54.6 Å². The van der Waals surface area contributed by atoms with Crippen LogP contribution >= 0.6 is 11.8 Å². The summed E-state index contributed by atoms with van der Waals surface area (Å²) in [7, 11) is 1.56. The van der Waals surface area contributed by atoms with E-state index in [1.807, 2.05) is 6.07 Å². The van der Waals surface area contributed by atoms with Crippen molar-refractivity contribution in [1.29, 1.82) is 0 Å². The van der Waals surface area contributed by atoms with Gasteiger partial charge in [-0.05, 0) is 24.3 Å². The fraction of sp³-hybridized carbons (Fsp3) is 0.286. The molecule has 1 atom stereocenters. The Morgan fingerprint density at radius 2 is 1.86 bits per heavy atom. The van der Waals surface area contributed by atoms with E-state index in [0.717, 1.165) is 5.75 Å². The van der Waals surface area contributed by atoms with Crippen LogP contribution in [0.1, 0.15) is 18.1 Å². The minimum absolute atomic E-state index is 0.0327. The molecule has 29 heavy (non-hydrogen) atoms. The van der Waals surface area contributed by atoms with Gasteiger partial charge < -0.3 is 19.7 Å². The first-order valence-electron chi connectivity index (χ1n) is 9.18. The van der Waals surface area contributed by atoms with E-state index in [9.17, 15) is 14.4 Å². The van der Waals surface area contributed by atoms with Crippen LogP contribution in [0.4, 0.5) is 10.5 Å². The average molecular weight is 414 g/mol. The molecule has 1 saturated heterocycles. The van der Waals surface area contributed by atoms with Gasteiger partial charge in [0.05, 0.1) is 13.5 Å². The molecule has 3 rings (SSSR count). The number of benzene rings is 2.